The number of nitrogens with zero attached hydrogens (tertiary/aromatic N) is 1. The number of benzene rings is 2. The van der Waals surface area contributed by atoms with E-state index < -0.39 is 34.8 Å². The van der Waals surface area contributed by atoms with Crippen LogP contribution in [0, 0.1) is 11.6 Å². The Morgan fingerprint density at radius 1 is 0.969 bits per heavy atom. The Morgan fingerprint density at radius 2 is 1.62 bits per heavy atom. The number of hydrogen-bond donors (Lipinski definition) is 1. The van der Waals surface area contributed by atoms with Crippen LogP contribution in [0.1, 0.15) is 15.9 Å². The van der Waals surface area contributed by atoms with Gasteiger partial charge in [-0.15, -0.1) is 0 Å². The summed E-state index contributed by atoms with van der Waals surface area (Å²) in [6.07, 6.45) is -3.14. The molecule has 164 valence electrons. The Kier molecular flexibility index (Phi) is 5.33. The molecule has 1 amide bonds. The van der Waals surface area contributed by atoms with E-state index in [0.29, 0.717) is 0 Å². The lowest BCUT2D eigenvalue weighted by molar-refractivity contribution is -0.137. The Hall–Kier alpha value is -3.88. The first-order chi connectivity index (χ1) is 15.2. The maximum Gasteiger partial charge on any atom is 0.418 e. The molecule has 9 heteroatoms. The standard InChI is InChI=1S/C23H15F5N2O2/c1-32-19-6-3-11-30-18(19)12-15(23(26,27)28)21(30)13-7-9-14(10-8-13)29-22(31)20-16(24)4-2-5-17(20)25/h2-12H,1H3,(H,29,31). The van der Waals surface area contributed by atoms with E-state index in [-0.39, 0.29) is 28.2 Å². The molecule has 0 atom stereocenters. The van der Waals surface area contributed by atoms with Crippen LogP contribution in [0.15, 0.2) is 66.9 Å². The van der Waals surface area contributed by atoms with Gasteiger partial charge in [0.25, 0.3) is 5.91 Å². The summed E-state index contributed by atoms with van der Waals surface area (Å²) in [7, 11) is 1.37. The van der Waals surface area contributed by atoms with Crippen molar-refractivity contribution < 1.29 is 31.5 Å². The van der Waals surface area contributed by atoms with Gasteiger partial charge in [0.05, 0.1) is 23.9 Å². The second-order valence-corrected chi connectivity index (χ2v) is 6.86. The van der Waals surface area contributed by atoms with Gasteiger partial charge in [-0.3, -0.25) is 4.79 Å². The summed E-state index contributed by atoms with van der Waals surface area (Å²) in [5.74, 6) is -2.78. The Bertz CT molecular complexity index is 1290. The number of halogens is 5. The number of nitrogens with one attached hydrogen (secondary N) is 1. The highest BCUT2D eigenvalue weighted by atomic mass is 19.4. The minimum atomic E-state index is -4.62. The lowest BCUT2D eigenvalue weighted by Crippen LogP contribution is -2.15. The van der Waals surface area contributed by atoms with Gasteiger partial charge in [-0.25, -0.2) is 8.78 Å². The Labute approximate surface area is 178 Å². The van der Waals surface area contributed by atoms with E-state index in [1.165, 1.54) is 42.0 Å². The van der Waals surface area contributed by atoms with E-state index >= 15 is 0 Å². The van der Waals surface area contributed by atoms with Gasteiger partial charge in [-0.05, 0) is 48.0 Å². The first-order valence-electron chi connectivity index (χ1n) is 9.31. The second kappa shape index (κ2) is 7.99. The van der Waals surface area contributed by atoms with Gasteiger partial charge < -0.3 is 14.5 Å². The van der Waals surface area contributed by atoms with Gasteiger partial charge in [0.1, 0.15) is 22.9 Å². The molecule has 0 aliphatic heterocycles. The van der Waals surface area contributed by atoms with Crippen molar-refractivity contribution in [3.63, 3.8) is 0 Å². The molecule has 0 fully saturated rings. The summed E-state index contributed by atoms with van der Waals surface area (Å²) < 4.78 is 75.4. The van der Waals surface area contributed by atoms with Crippen LogP contribution in [0.25, 0.3) is 16.8 Å². The molecule has 32 heavy (non-hydrogen) atoms. The number of carbonyl (C=O) groups excluding carboxylic acids is 1. The average Bonchev–Trinajstić information content (AvgIpc) is 3.14. The number of aromatic nitrogens is 1. The zero-order valence-electron chi connectivity index (χ0n) is 16.5. The third-order valence-corrected chi connectivity index (χ3v) is 4.90. The number of fused-ring (bicyclic) bond motifs is 1. The fourth-order valence-electron chi connectivity index (χ4n) is 3.47. The van der Waals surface area contributed by atoms with Crippen molar-refractivity contribution in [2.45, 2.75) is 6.18 Å². The van der Waals surface area contributed by atoms with Crippen molar-refractivity contribution in [3.8, 4) is 17.0 Å². The third kappa shape index (κ3) is 3.77. The monoisotopic (exact) mass is 446 g/mol. The third-order valence-electron chi connectivity index (χ3n) is 4.90. The second-order valence-electron chi connectivity index (χ2n) is 6.86. The number of hydrogen-bond acceptors (Lipinski definition) is 2. The van der Waals surface area contributed by atoms with Gasteiger partial charge in [0.15, 0.2) is 0 Å². The molecule has 0 saturated heterocycles. The largest absolute Gasteiger partial charge is 0.495 e. The van der Waals surface area contributed by atoms with Crippen LogP contribution in [0.5, 0.6) is 5.75 Å². The molecule has 2 aromatic carbocycles. The van der Waals surface area contributed by atoms with Crippen molar-refractivity contribution in [2.75, 3.05) is 12.4 Å². The van der Waals surface area contributed by atoms with E-state index in [4.69, 9.17) is 4.74 Å². The Balaban J connectivity index is 1.73. The molecule has 0 aliphatic rings. The van der Waals surface area contributed by atoms with Crippen molar-refractivity contribution >= 4 is 17.1 Å². The van der Waals surface area contributed by atoms with Crippen molar-refractivity contribution in [1.29, 1.82) is 0 Å². The predicted molar refractivity (Wildman–Crippen MR) is 109 cm³/mol. The maximum absolute atomic E-state index is 13.8. The topological polar surface area (TPSA) is 42.7 Å². The smallest absolute Gasteiger partial charge is 0.418 e. The van der Waals surface area contributed by atoms with Gasteiger partial charge in [0, 0.05) is 11.9 Å². The van der Waals surface area contributed by atoms with Crippen molar-refractivity contribution in [1.82, 2.24) is 4.40 Å². The zero-order valence-corrected chi connectivity index (χ0v) is 16.5. The molecule has 0 aliphatic carbocycles. The minimum absolute atomic E-state index is 0.107. The van der Waals surface area contributed by atoms with Crippen LogP contribution >= 0.6 is 0 Å². The van der Waals surface area contributed by atoms with Crippen LogP contribution in [0.4, 0.5) is 27.6 Å². The summed E-state index contributed by atoms with van der Waals surface area (Å²) in [6, 6.07) is 12.6. The van der Waals surface area contributed by atoms with Crippen LogP contribution in [-0.2, 0) is 6.18 Å². The molecule has 0 spiro atoms. The highest BCUT2D eigenvalue weighted by molar-refractivity contribution is 6.04. The molecule has 2 heterocycles. The Morgan fingerprint density at radius 3 is 2.22 bits per heavy atom. The fourth-order valence-corrected chi connectivity index (χ4v) is 3.47. The molecular formula is C23H15F5N2O2. The van der Waals surface area contributed by atoms with E-state index in [0.717, 1.165) is 24.3 Å². The van der Waals surface area contributed by atoms with E-state index in [2.05, 4.69) is 5.32 Å². The van der Waals surface area contributed by atoms with Gasteiger partial charge in [-0.2, -0.15) is 13.2 Å². The lowest BCUT2D eigenvalue weighted by atomic mass is 10.1. The summed E-state index contributed by atoms with van der Waals surface area (Å²) in [4.78, 5) is 12.2. The van der Waals surface area contributed by atoms with E-state index in [9.17, 15) is 26.7 Å². The molecule has 4 nitrogen and oxygen atoms in total. The first-order valence-corrected chi connectivity index (χ1v) is 9.31. The molecule has 4 rings (SSSR count). The molecular weight excluding hydrogens is 431 g/mol. The van der Waals surface area contributed by atoms with Gasteiger partial charge in [-0.1, -0.05) is 18.2 Å². The lowest BCUT2D eigenvalue weighted by Gasteiger charge is -2.12. The number of methoxy groups -OCH3 is 1. The molecule has 0 radical (unpaired) electrons. The first kappa shape index (κ1) is 21.4. The number of ether oxygens (including phenoxy) is 1. The number of rotatable bonds is 4. The number of alkyl halides is 3. The molecule has 4 aromatic rings. The van der Waals surface area contributed by atoms with E-state index in [1.807, 2.05) is 0 Å². The summed E-state index contributed by atoms with van der Waals surface area (Å²) >= 11 is 0. The number of amides is 1. The van der Waals surface area contributed by atoms with E-state index in [1.54, 1.807) is 12.1 Å². The molecule has 0 saturated carbocycles. The van der Waals surface area contributed by atoms with Crippen molar-refractivity contribution in [3.05, 3.63) is 89.6 Å². The van der Waals surface area contributed by atoms with Crippen LogP contribution < -0.4 is 10.1 Å². The summed E-state index contributed by atoms with van der Waals surface area (Å²) in [5, 5.41) is 2.34. The maximum atomic E-state index is 13.8. The number of anilines is 1. The molecule has 1 N–H and O–H groups in total. The van der Waals surface area contributed by atoms with Gasteiger partial charge >= 0.3 is 6.18 Å². The number of pyridine rings is 1. The summed E-state index contributed by atoms with van der Waals surface area (Å²) in [5.41, 5.74) is -1.09. The fraction of sp³-hybridized carbons (Fsp3) is 0.0870. The highest BCUT2D eigenvalue weighted by Crippen LogP contribution is 2.41. The van der Waals surface area contributed by atoms with Crippen LogP contribution in [-0.4, -0.2) is 17.4 Å². The van der Waals surface area contributed by atoms with Crippen LogP contribution in [0.2, 0.25) is 0 Å². The highest BCUT2D eigenvalue weighted by Gasteiger charge is 2.36. The molecule has 2 aromatic heterocycles. The predicted octanol–water partition coefficient (Wildman–Crippen LogP) is 6.16. The SMILES string of the molecule is COc1cccn2c(-c3ccc(NC(=O)c4c(F)cccc4F)cc3)c(C(F)(F)F)cc12. The normalized spacial score (nSPS) is 11.6. The number of carbonyl (C=O) groups is 1. The molecule has 0 unspecified atom stereocenters. The average molecular weight is 446 g/mol. The minimum Gasteiger partial charge on any atom is -0.495 e. The zero-order chi connectivity index (χ0) is 23.0. The molecule has 0 bridgehead atoms. The summed E-state index contributed by atoms with van der Waals surface area (Å²) in [6.45, 7) is 0. The van der Waals surface area contributed by atoms with Crippen molar-refractivity contribution in [2.24, 2.45) is 0 Å². The quantitative estimate of drug-likeness (QED) is 0.382. The van der Waals surface area contributed by atoms with Gasteiger partial charge in [0.2, 0.25) is 0 Å². The van der Waals surface area contributed by atoms with Crippen LogP contribution in [0.3, 0.4) is 0 Å².